The highest BCUT2D eigenvalue weighted by atomic mass is 35.5. The first-order valence-electron chi connectivity index (χ1n) is 3.57. The summed E-state index contributed by atoms with van der Waals surface area (Å²) < 4.78 is 1.46. The quantitative estimate of drug-likeness (QED) is 0.631. The number of hydrogen-bond acceptors (Lipinski definition) is 4. The average Bonchev–Trinajstić information content (AvgIpc) is 2.41. The third-order valence-corrected chi connectivity index (χ3v) is 1.63. The molecule has 0 N–H and O–H groups in total. The summed E-state index contributed by atoms with van der Waals surface area (Å²) in [6, 6.07) is 0. The summed E-state index contributed by atoms with van der Waals surface area (Å²) in [5, 5.41) is 2.71. The first-order valence-corrected chi connectivity index (χ1v) is 3.94. The van der Waals surface area contributed by atoms with E-state index >= 15 is 0 Å². The van der Waals surface area contributed by atoms with Crippen LogP contribution >= 0.6 is 11.6 Å². The highest BCUT2D eigenvalue weighted by molar-refractivity contribution is 6.63. The third-order valence-electron chi connectivity index (χ3n) is 1.47. The van der Waals surface area contributed by atoms with E-state index in [0.717, 1.165) is 4.73 Å². The number of halogens is 1. The Hall–Kier alpha value is -1.30. The maximum absolute atomic E-state index is 11.3. The van der Waals surface area contributed by atoms with Crippen molar-refractivity contribution in [1.82, 2.24) is 14.5 Å². The number of rotatable bonds is 2. The lowest BCUT2D eigenvalue weighted by atomic mass is 10.5. The molecule has 13 heavy (non-hydrogen) atoms. The Morgan fingerprint density at radius 2 is 2.31 bits per heavy atom. The fourth-order valence-electron chi connectivity index (χ4n) is 0.908. The minimum Gasteiger partial charge on any atom is -0.411 e. The molecule has 0 spiro atoms. The van der Waals surface area contributed by atoms with Crippen LogP contribution in [0.15, 0.2) is 4.79 Å². The zero-order valence-corrected chi connectivity index (χ0v) is 7.91. The zero-order chi connectivity index (χ0) is 10.0. The Morgan fingerprint density at radius 1 is 1.69 bits per heavy atom. The SMILES string of the molecule is CCc1nn(C(=O)Cl)c(=O)n1OC. The van der Waals surface area contributed by atoms with Crippen LogP contribution in [0.5, 0.6) is 0 Å². The lowest BCUT2D eigenvalue weighted by Gasteiger charge is -1.97. The van der Waals surface area contributed by atoms with E-state index in [9.17, 15) is 9.59 Å². The standard InChI is InChI=1S/C6H8ClN3O3/c1-3-4-8-9(5(7)11)6(12)10(4)13-2/h3H2,1-2H3. The summed E-state index contributed by atoms with van der Waals surface area (Å²) in [6.45, 7) is 1.78. The van der Waals surface area contributed by atoms with Crippen LogP contribution in [0, 0.1) is 0 Å². The van der Waals surface area contributed by atoms with Crippen LogP contribution < -0.4 is 10.5 Å². The van der Waals surface area contributed by atoms with E-state index in [1.165, 1.54) is 7.11 Å². The summed E-state index contributed by atoms with van der Waals surface area (Å²) in [5.74, 6) is 0.349. The molecular formula is C6H8ClN3O3. The van der Waals surface area contributed by atoms with Crippen LogP contribution in [0.25, 0.3) is 0 Å². The summed E-state index contributed by atoms with van der Waals surface area (Å²) in [5.41, 5.74) is -0.695. The molecule has 1 rings (SSSR count). The van der Waals surface area contributed by atoms with Gasteiger partial charge in [0.1, 0.15) is 7.11 Å². The predicted molar refractivity (Wildman–Crippen MR) is 45.0 cm³/mol. The second-order valence-corrected chi connectivity index (χ2v) is 2.52. The van der Waals surface area contributed by atoms with E-state index in [-0.39, 0.29) is 0 Å². The molecule has 0 radical (unpaired) electrons. The molecule has 0 fully saturated rings. The maximum atomic E-state index is 11.3. The van der Waals surface area contributed by atoms with Gasteiger partial charge in [-0.2, -0.15) is 0 Å². The van der Waals surface area contributed by atoms with Crippen molar-refractivity contribution in [3.8, 4) is 0 Å². The molecule has 0 saturated carbocycles. The number of aryl methyl sites for hydroxylation is 1. The molecule has 0 aliphatic rings. The van der Waals surface area contributed by atoms with Crippen LogP contribution in [0.4, 0.5) is 4.79 Å². The number of carbonyl (C=O) groups is 1. The van der Waals surface area contributed by atoms with Crippen LogP contribution in [-0.2, 0) is 6.42 Å². The van der Waals surface area contributed by atoms with Gasteiger partial charge in [0, 0.05) is 6.42 Å². The Morgan fingerprint density at radius 3 is 2.62 bits per heavy atom. The van der Waals surface area contributed by atoms with Gasteiger partial charge in [-0.15, -0.1) is 14.5 Å². The van der Waals surface area contributed by atoms with Crippen molar-refractivity contribution in [2.45, 2.75) is 13.3 Å². The molecule has 1 aromatic heterocycles. The minimum atomic E-state index is -0.949. The largest absolute Gasteiger partial charge is 0.411 e. The number of carbonyl (C=O) groups excluding carboxylic acids is 1. The summed E-state index contributed by atoms with van der Waals surface area (Å²) in [6.07, 6.45) is 0.472. The van der Waals surface area contributed by atoms with Crippen molar-refractivity contribution >= 4 is 17.0 Å². The predicted octanol–water partition coefficient (Wildman–Crippen LogP) is -0.127. The van der Waals surface area contributed by atoms with Gasteiger partial charge in [0.2, 0.25) is 0 Å². The van der Waals surface area contributed by atoms with Gasteiger partial charge in [-0.1, -0.05) is 6.92 Å². The fraction of sp³-hybridized carbons (Fsp3) is 0.500. The van der Waals surface area contributed by atoms with Crippen molar-refractivity contribution < 1.29 is 9.63 Å². The van der Waals surface area contributed by atoms with Gasteiger partial charge in [-0.05, 0) is 11.6 Å². The van der Waals surface area contributed by atoms with Crippen molar-refractivity contribution in [3.05, 3.63) is 16.3 Å². The van der Waals surface area contributed by atoms with Crippen LogP contribution in [0.3, 0.4) is 0 Å². The molecule has 72 valence electrons. The molecule has 0 saturated heterocycles. The topological polar surface area (TPSA) is 66.1 Å². The third kappa shape index (κ3) is 1.57. The van der Waals surface area contributed by atoms with E-state index in [1.54, 1.807) is 6.92 Å². The summed E-state index contributed by atoms with van der Waals surface area (Å²) in [4.78, 5) is 26.6. The Balaban J connectivity index is 3.35. The number of nitrogens with zero attached hydrogens (tertiary/aromatic N) is 3. The fourth-order valence-corrected chi connectivity index (χ4v) is 1.02. The van der Waals surface area contributed by atoms with Gasteiger partial charge in [0.25, 0.3) is 0 Å². The smallest absolute Gasteiger partial charge is 0.387 e. The molecule has 0 bridgehead atoms. The van der Waals surface area contributed by atoms with Gasteiger partial charge in [0.05, 0.1) is 0 Å². The summed E-state index contributed by atoms with van der Waals surface area (Å²) >= 11 is 5.10. The van der Waals surface area contributed by atoms with Crippen LogP contribution in [0.2, 0.25) is 0 Å². The molecular weight excluding hydrogens is 198 g/mol. The average molecular weight is 206 g/mol. The van der Waals surface area contributed by atoms with Gasteiger partial charge in [-0.3, -0.25) is 4.79 Å². The molecule has 0 aliphatic heterocycles. The Kier molecular flexibility index (Phi) is 2.72. The second-order valence-electron chi connectivity index (χ2n) is 2.19. The van der Waals surface area contributed by atoms with Crippen molar-refractivity contribution in [1.29, 1.82) is 0 Å². The molecule has 0 amide bonds. The summed E-state index contributed by atoms with van der Waals surface area (Å²) in [7, 11) is 1.31. The van der Waals surface area contributed by atoms with E-state index in [2.05, 4.69) is 5.10 Å². The Bertz CT molecular complexity index is 381. The lowest BCUT2D eigenvalue weighted by molar-refractivity contribution is 0.148. The normalized spacial score (nSPS) is 10.1. The molecule has 0 aliphatic carbocycles. The van der Waals surface area contributed by atoms with Crippen LogP contribution in [0.1, 0.15) is 12.7 Å². The molecule has 0 aromatic carbocycles. The van der Waals surface area contributed by atoms with Crippen molar-refractivity contribution in [3.63, 3.8) is 0 Å². The van der Waals surface area contributed by atoms with Gasteiger partial charge >= 0.3 is 11.1 Å². The highest BCUT2D eigenvalue weighted by Gasteiger charge is 2.15. The number of aromatic nitrogens is 3. The first-order chi connectivity index (χ1) is 6.11. The molecule has 0 atom stereocenters. The number of hydrogen-bond donors (Lipinski definition) is 0. The minimum absolute atomic E-state index is 0.349. The van der Waals surface area contributed by atoms with E-state index < -0.39 is 11.1 Å². The monoisotopic (exact) mass is 205 g/mol. The molecule has 6 nitrogen and oxygen atoms in total. The first kappa shape index (κ1) is 9.79. The van der Waals surface area contributed by atoms with Crippen molar-refractivity contribution in [2.24, 2.45) is 0 Å². The van der Waals surface area contributed by atoms with Gasteiger partial charge in [-0.25, -0.2) is 4.79 Å². The van der Waals surface area contributed by atoms with E-state index in [4.69, 9.17) is 16.4 Å². The van der Waals surface area contributed by atoms with Gasteiger partial charge < -0.3 is 4.84 Å². The van der Waals surface area contributed by atoms with Crippen LogP contribution in [-0.4, -0.2) is 27.0 Å². The highest BCUT2D eigenvalue weighted by Crippen LogP contribution is 1.93. The molecule has 7 heteroatoms. The van der Waals surface area contributed by atoms with E-state index in [0.29, 0.717) is 16.9 Å². The zero-order valence-electron chi connectivity index (χ0n) is 7.15. The molecule has 1 aromatic rings. The lowest BCUT2D eigenvalue weighted by Crippen LogP contribution is -2.30. The second kappa shape index (κ2) is 3.61. The van der Waals surface area contributed by atoms with Gasteiger partial charge in [0.15, 0.2) is 5.82 Å². The molecule has 1 heterocycles. The molecule has 0 unspecified atom stereocenters. The van der Waals surface area contributed by atoms with Crippen molar-refractivity contribution in [2.75, 3.05) is 7.11 Å². The Labute approximate surface area is 78.6 Å². The van der Waals surface area contributed by atoms with E-state index in [1.807, 2.05) is 0 Å². The maximum Gasteiger partial charge on any atom is 0.387 e.